The highest BCUT2D eigenvalue weighted by Crippen LogP contribution is 2.27. The lowest BCUT2D eigenvalue weighted by Gasteiger charge is -2.17. The predicted molar refractivity (Wildman–Crippen MR) is 96.7 cm³/mol. The molecule has 1 fully saturated rings. The van der Waals surface area contributed by atoms with Gasteiger partial charge in [-0.15, -0.1) is 0 Å². The third-order valence-corrected chi connectivity index (χ3v) is 4.82. The van der Waals surface area contributed by atoms with E-state index in [1.807, 2.05) is 13.8 Å². The van der Waals surface area contributed by atoms with Crippen LogP contribution in [-0.4, -0.2) is 49.3 Å². The Labute approximate surface area is 153 Å². The number of hydrogen-bond donors (Lipinski definition) is 1. The van der Waals surface area contributed by atoms with E-state index in [0.717, 1.165) is 43.1 Å². The topological polar surface area (TPSA) is 76.8 Å². The van der Waals surface area contributed by atoms with Crippen molar-refractivity contribution < 1.29 is 18.8 Å². The minimum absolute atomic E-state index is 0.102. The van der Waals surface area contributed by atoms with Crippen LogP contribution in [-0.2, 0) is 6.54 Å². The van der Waals surface area contributed by atoms with E-state index < -0.39 is 0 Å². The molecule has 0 bridgehead atoms. The monoisotopic (exact) mass is 359 g/mol. The minimum atomic E-state index is -0.102. The first-order valence-electron chi connectivity index (χ1n) is 8.68. The number of hydrogen-bond acceptors (Lipinski definition) is 6. The SMILES string of the molecule is COc1ccc(C(=O)NC2CCN(Cc3c(C)noc3C)C2)cc1OC. The predicted octanol–water partition coefficient (Wildman–Crippen LogP) is 2.31. The Morgan fingerprint density at radius 2 is 2.08 bits per heavy atom. The number of aryl methyl sites for hydroxylation is 2. The van der Waals surface area contributed by atoms with Crippen LogP contribution in [0.1, 0.15) is 33.8 Å². The van der Waals surface area contributed by atoms with E-state index in [9.17, 15) is 4.79 Å². The highest BCUT2D eigenvalue weighted by atomic mass is 16.5. The van der Waals surface area contributed by atoms with Crippen molar-refractivity contribution in [2.75, 3.05) is 27.3 Å². The van der Waals surface area contributed by atoms with Crippen molar-refractivity contribution in [1.82, 2.24) is 15.4 Å². The highest BCUT2D eigenvalue weighted by Gasteiger charge is 2.26. The number of ether oxygens (including phenoxy) is 2. The fourth-order valence-corrected chi connectivity index (χ4v) is 3.29. The van der Waals surface area contributed by atoms with E-state index in [-0.39, 0.29) is 11.9 Å². The molecular weight excluding hydrogens is 334 g/mol. The molecule has 0 spiro atoms. The number of benzene rings is 1. The van der Waals surface area contributed by atoms with Crippen molar-refractivity contribution in [3.05, 3.63) is 40.8 Å². The third-order valence-electron chi connectivity index (χ3n) is 4.82. The molecule has 1 saturated heterocycles. The normalized spacial score (nSPS) is 17.3. The van der Waals surface area contributed by atoms with Gasteiger partial charge >= 0.3 is 0 Å². The average Bonchev–Trinajstić information content (AvgIpc) is 3.22. The number of rotatable bonds is 6. The average molecular weight is 359 g/mol. The van der Waals surface area contributed by atoms with Crippen molar-refractivity contribution in [3.63, 3.8) is 0 Å². The van der Waals surface area contributed by atoms with Gasteiger partial charge in [-0.3, -0.25) is 9.69 Å². The summed E-state index contributed by atoms with van der Waals surface area (Å²) in [5.41, 5.74) is 2.63. The minimum Gasteiger partial charge on any atom is -0.493 e. The van der Waals surface area contributed by atoms with Gasteiger partial charge in [0.25, 0.3) is 5.91 Å². The number of likely N-dealkylation sites (tertiary alicyclic amines) is 1. The van der Waals surface area contributed by atoms with E-state index in [0.29, 0.717) is 17.1 Å². The van der Waals surface area contributed by atoms with Crippen LogP contribution in [0.2, 0.25) is 0 Å². The molecule has 1 amide bonds. The van der Waals surface area contributed by atoms with Crippen LogP contribution in [0.15, 0.2) is 22.7 Å². The van der Waals surface area contributed by atoms with E-state index in [1.165, 1.54) is 0 Å². The molecule has 0 saturated carbocycles. The van der Waals surface area contributed by atoms with Crippen molar-refractivity contribution in [1.29, 1.82) is 0 Å². The zero-order valence-electron chi connectivity index (χ0n) is 15.7. The Morgan fingerprint density at radius 3 is 2.73 bits per heavy atom. The highest BCUT2D eigenvalue weighted by molar-refractivity contribution is 5.95. The first-order chi connectivity index (χ1) is 12.5. The Bertz CT molecular complexity index is 768. The summed E-state index contributed by atoms with van der Waals surface area (Å²) in [5, 5.41) is 7.11. The fraction of sp³-hybridized carbons (Fsp3) is 0.474. The van der Waals surface area contributed by atoms with Gasteiger partial charge in [0.05, 0.1) is 19.9 Å². The summed E-state index contributed by atoms with van der Waals surface area (Å²) in [6, 6.07) is 5.31. The molecule has 1 aliphatic heterocycles. The van der Waals surface area contributed by atoms with Gasteiger partial charge < -0.3 is 19.3 Å². The molecule has 3 rings (SSSR count). The molecule has 1 aromatic carbocycles. The lowest BCUT2D eigenvalue weighted by Crippen LogP contribution is -2.37. The van der Waals surface area contributed by atoms with E-state index >= 15 is 0 Å². The molecule has 26 heavy (non-hydrogen) atoms. The second-order valence-electron chi connectivity index (χ2n) is 6.57. The zero-order chi connectivity index (χ0) is 18.7. The number of amides is 1. The van der Waals surface area contributed by atoms with Crippen molar-refractivity contribution in [3.8, 4) is 11.5 Å². The fourth-order valence-electron chi connectivity index (χ4n) is 3.29. The summed E-state index contributed by atoms with van der Waals surface area (Å²) in [6.45, 7) is 6.42. The Kier molecular flexibility index (Phi) is 5.46. The van der Waals surface area contributed by atoms with Gasteiger partial charge in [0, 0.05) is 36.8 Å². The van der Waals surface area contributed by atoms with E-state index in [2.05, 4.69) is 15.4 Å². The maximum absolute atomic E-state index is 12.5. The van der Waals surface area contributed by atoms with Gasteiger partial charge in [-0.25, -0.2) is 0 Å². The largest absolute Gasteiger partial charge is 0.493 e. The summed E-state index contributed by atoms with van der Waals surface area (Å²) in [4.78, 5) is 14.9. The number of methoxy groups -OCH3 is 2. The van der Waals surface area contributed by atoms with Gasteiger partial charge in [0.2, 0.25) is 0 Å². The molecule has 2 heterocycles. The summed E-state index contributed by atoms with van der Waals surface area (Å²) in [7, 11) is 3.13. The molecular formula is C19H25N3O4. The van der Waals surface area contributed by atoms with Gasteiger partial charge in [-0.2, -0.15) is 0 Å². The number of aromatic nitrogens is 1. The zero-order valence-corrected chi connectivity index (χ0v) is 15.7. The van der Waals surface area contributed by atoms with Crippen LogP contribution >= 0.6 is 0 Å². The second-order valence-corrected chi connectivity index (χ2v) is 6.57. The molecule has 140 valence electrons. The quantitative estimate of drug-likeness (QED) is 0.853. The summed E-state index contributed by atoms with van der Waals surface area (Å²) < 4.78 is 15.7. The molecule has 7 heteroatoms. The van der Waals surface area contributed by atoms with E-state index in [4.69, 9.17) is 14.0 Å². The maximum Gasteiger partial charge on any atom is 0.251 e. The molecule has 1 N–H and O–H groups in total. The van der Waals surface area contributed by atoms with Crippen LogP contribution in [0, 0.1) is 13.8 Å². The van der Waals surface area contributed by atoms with Crippen molar-refractivity contribution in [2.24, 2.45) is 0 Å². The Hall–Kier alpha value is -2.54. The molecule has 7 nitrogen and oxygen atoms in total. The number of carbonyl (C=O) groups is 1. The van der Waals surface area contributed by atoms with Gasteiger partial charge in [-0.05, 0) is 38.5 Å². The summed E-state index contributed by atoms with van der Waals surface area (Å²) in [6.07, 6.45) is 0.919. The molecule has 1 atom stereocenters. The van der Waals surface area contributed by atoms with Crippen LogP contribution in [0.4, 0.5) is 0 Å². The molecule has 0 aliphatic carbocycles. The lowest BCUT2D eigenvalue weighted by molar-refractivity contribution is 0.0937. The van der Waals surface area contributed by atoms with E-state index in [1.54, 1.807) is 32.4 Å². The first kappa shape index (κ1) is 18.3. The van der Waals surface area contributed by atoms with Crippen LogP contribution in [0.5, 0.6) is 11.5 Å². The number of nitrogens with one attached hydrogen (secondary N) is 1. The smallest absolute Gasteiger partial charge is 0.251 e. The second kappa shape index (κ2) is 7.78. The standard InChI is InChI=1S/C19H25N3O4/c1-12-16(13(2)26-21-12)11-22-8-7-15(10-22)20-19(23)14-5-6-17(24-3)18(9-14)25-4/h5-6,9,15H,7-8,10-11H2,1-4H3,(H,20,23). The first-order valence-corrected chi connectivity index (χ1v) is 8.68. The Balaban J connectivity index is 1.59. The van der Waals surface area contributed by atoms with Crippen molar-refractivity contribution >= 4 is 5.91 Å². The van der Waals surface area contributed by atoms with Gasteiger partial charge in [0.15, 0.2) is 11.5 Å². The van der Waals surface area contributed by atoms with Gasteiger partial charge in [-0.1, -0.05) is 5.16 Å². The lowest BCUT2D eigenvalue weighted by atomic mass is 10.1. The van der Waals surface area contributed by atoms with Crippen LogP contribution in [0.3, 0.4) is 0 Å². The third kappa shape index (κ3) is 3.83. The Morgan fingerprint density at radius 1 is 1.31 bits per heavy atom. The molecule has 1 unspecified atom stereocenters. The molecule has 1 aliphatic rings. The van der Waals surface area contributed by atoms with Crippen LogP contribution < -0.4 is 14.8 Å². The maximum atomic E-state index is 12.5. The molecule has 1 aromatic heterocycles. The number of nitrogens with zero attached hydrogens (tertiary/aromatic N) is 2. The summed E-state index contributed by atoms with van der Waals surface area (Å²) in [5.74, 6) is 1.91. The molecule has 2 aromatic rings. The van der Waals surface area contributed by atoms with Crippen LogP contribution in [0.25, 0.3) is 0 Å². The molecule has 0 radical (unpaired) electrons. The summed E-state index contributed by atoms with van der Waals surface area (Å²) >= 11 is 0. The number of carbonyl (C=O) groups excluding carboxylic acids is 1. The van der Waals surface area contributed by atoms with Gasteiger partial charge in [0.1, 0.15) is 5.76 Å². The van der Waals surface area contributed by atoms with Crippen molar-refractivity contribution in [2.45, 2.75) is 32.9 Å².